The van der Waals surface area contributed by atoms with Crippen molar-refractivity contribution in [2.75, 3.05) is 0 Å². The van der Waals surface area contributed by atoms with Crippen molar-refractivity contribution in [3.05, 3.63) is 67.8 Å². The lowest BCUT2D eigenvalue weighted by atomic mass is 10.1. The number of nitro benzene ring substituents is 2. The number of nitriles is 2. The van der Waals surface area contributed by atoms with Gasteiger partial charge in [0, 0.05) is 24.3 Å². The second-order valence-electron chi connectivity index (χ2n) is 4.20. The van der Waals surface area contributed by atoms with Gasteiger partial charge in [0.2, 0.25) is 0 Å². The molecular formula is C14H6N4O5. The molecule has 2 rings (SSSR count). The molecule has 0 saturated carbocycles. The van der Waals surface area contributed by atoms with Crippen molar-refractivity contribution in [1.82, 2.24) is 0 Å². The van der Waals surface area contributed by atoms with Gasteiger partial charge in [-0.3, -0.25) is 20.2 Å². The number of hydrogen-bond acceptors (Lipinski definition) is 7. The summed E-state index contributed by atoms with van der Waals surface area (Å²) < 4.78 is 5.39. The molecule has 112 valence electrons. The topological polar surface area (TPSA) is 143 Å². The monoisotopic (exact) mass is 310 g/mol. The fourth-order valence-electron chi connectivity index (χ4n) is 1.79. The van der Waals surface area contributed by atoms with Crippen LogP contribution in [0.25, 0.3) is 0 Å². The van der Waals surface area contributed by atoms with Crippen LogP contribution in [0.1, 0.15) is 11.1 Å². The summed E-state index contributed by atoms with van der Waals surface area (Å²) in [7, 11) is 0. The van der Waals surface area contributed by atoms with E-state index in [9.17, 15) is 20.2 Å². The lowest BCUT2D eigenvalue weighted by Crippen LogP contribution is -1.95. The average molecular weight is 310 g/mol. The lowest BCUT2D eigenvalue weighted by molar-refractivity contribution is -0.385. The van der Waals surface area contributed by atoms with Crippen molar-refractivity contribution in [3.8, 4) is 23.6 Å². The van der Waals surface area contributed by atoms with Gasteiger partial charge < -0.3 is 4.74 Å². The van der Waals surface area contributed by atoms with E-state index in [-0.39, 0.29) is 34.0 Å². The first-order chi connectivity index (χ1) is 11.0. The molecule has 0 heterocycles. The van der Waals surface area contributed by atoms with Gasteiger partial charge in [-0.25, -0.2) is 0 Å². The number of nitrogens with zero attached hydrogens (tertiary/aromatic N) is 4. The van der Waals surface area contributed by atoms with Crippen molar-refractivity contribution in [3.63, 3.8) is 0 Å². The Morgan fingerprint density at radius 3 is 1.52 bits per heavy atom. The zero-order valence-corrected chi connectivity index (χ0v) is 11.3. The molecule has 0 aromatic heterocycles. The van der Waals surface area contributed by atoms with Crippen LogP contribution in [0.2, 0.25) is 0 Å². The van der Waals surface area contributed by atoms with Gasteiger partial charge in [-0.2, -0.15) is 10.5 Å². The predicted molar refractivity (Wildman–Crippen MR) is 75.7 cm³/mol. The second kappa shape index (κ2) is 6.20. The van der Waals surface area contributed by atoms with Crippen LogP contribution in [0, 0.1) is 42.9 Å². The highest BCUT2D eigenvalue weighted by Crippen LogP contribution is 2.30. The molecule has 0 radical (unpaired) electrons. The Morgan fingerprint density at radius 2 is 1.22 bits per heavy atom. The van der Waals surface area contributed by atoms with Gasteiger partial charge in [0.25, 0.3) is 11.4 Å². The summed E-state index contributed by atoms with van der Waals surface area (Å²) in [6.07, 6.45) is 0. The number of nitro groups is 2. The first-order valence-corrected chi connectivity index (χ1v) is 6.01. The summed E-state index contributed by atoms with van der Waals surface area (Å²) >= 11 is 0. The second-order valence-corrected chi connectivity index (χ2v) is 4.20. The van der Waals surface area contributed by atoms with Crippen molar-refractivity contribution < 1.29 is 14.6 Å². The van der Waals surface area contributed by atoms with Crippen molar-refractivity contribution in [1.29, 1.82) is 10.5 Å². The standard InChI is InChI=1S/C14H6N4O5/c15-7-9-5-11(1-3-13(9)17(19)20)23-12-2-4-14(18(21)22)10(6-12)8-16/h1-6H. The molecule has 0 aliphatic heterocycles. The molecule has 0 fully saturated rings. The van der Waals surface area contributed by atoms with E-state index >= 15 is 0 Å². The zero-order valence-electron chi connectivity index (χ0n) is 11.3. The van der Waals surface area contributed by atoms with E-state index in [4.69, 9.17) is 15.3 Å². The van der Waals surface area contributed by atoms with Crippen LogP contribution in [-0.2, 0) is 0 Å². The fourth-order valence-corrected chi connectivity index (χ4v) is 1.79. The summed E-state index contributed by atoms with van der Waals surface area (Å²) in [6, 6.07) is 10.5. The van der Waals surface area contributed by atoms with E-state index in [2.05, 4.69) is 0 Å². The molecule has 0 aliphatic carbocycles. The molecule has 0 unspecified atom stereocenters. The third-order valence-electron chi connectivity index (χ3n) is 2.81. The Kier molecular flexibility index (Phi) is 4.15. The van der Waals surface area contributed by atoms with Crippen LogP contribution in [0.4, 0.5) is 11.4 Å². The molecule has 9 heteroatoms. The number of ether oxygens (including phenoxy) is 1. The third kappa shape index (κ3) is 3.20. The number of rotatable bonds is 4. The molecule has 0 aliphatic rings. The van der Waals surface area contributed by atoms with E-state index in [1.807, 2.05) is 0 Å². The van der Waals surface area contributed by atoms with Crippen LogP contribution >= 0.6 is 0 Å². The van der Waals surface area contributed by atoms with Crippen molar-refractivity contribution >= 4 is 11.4 Å². The van der Waals surface area contributed by atoms with Gasteiger partial charge in [0.15, 0.2) is 0 Å². The Labute approximate surface area is 128 Å². The first kappa shape index (κ1) is 15.4. The van der Waals surface area contributed by atoms with Crippen molar-refractivity contribution in [2.24, 2.45) is 0 Å². The Bertz CT molecular complexity index is 822. The zero-order chi connectivity index (χ0) is 17.0. The predicted octanol–water partition coefficient (Wildman–Crippen LogP) is 3.04. The van der Waals surface area contributed by atoms with Gasteiger partial charge in [-0.15, -0.1) is 0 Å². The van der Waals surface area contributed by atoms with Crippen LogP contribution in [0.5, 0.6) is 11.5 Å². The van der Waals surface area contributed by atoms with E-state index in [1.165, 1.54) is 24.3 Å². The van der Waals surface area contributed by atoms with Gasteiger partial charge in [-0.05, 0) is 12.1 Å². The molecule has 0 spiro atoms. The molecule has 2 aromatic carbocycles. The molecule has 9 nitrogen and oxygen atoms in total. The van der Waals surface area contributed by atoms with Crippen molar-refractivity contribution in [2.45, 2.75) is 0 Å². The van der Waals surface area contributed by atoms with E-state index < -0.39 is 9.85 Å². The lowest BCUT2D eigenvalue weighted by Gasteiger charge is -2.06. The SMILES string of the molecule is N#Cc1cc(Oc2ccc([N+](=O)[O-])c(C#N)c2)ccc1[N+](=O)[O-]. The average Bonchev–Trinajstić information content (AvgIpc) is 2.54. The van der Waals surface area contributed by atoms with Crippen LogP contribution < -0.4 is 4.74 Å². The maximum Gasteiger partial charge on any atom is 0.287 e. The summed E-state index contributed by atoms with van der Waals surface area (Å²) in [6.45, 7) is 0. The minimum absolute atomic E-state index is 0.130. The molecule has 0 bridgehead atoms. The summed E-state index contributed by atoms with van der Waals surface area (Å²) in [5.74, 6) is 0.259. The van der Waals surface area contributed by atoms with E-state index in [0.717, 1.165) is 12.1 Å². The van der Waals surface area contributed by atoms with E-state index in [1.54, 1.807) is 12.1 Å². The molecular weight excluding hydrogens is 304 g/mol. The van der Waals surface area contributed by atoms with Gasteiger partial charge in [0.1, 0.15) is 34.8 Å². The number of benzene rings is 2. The van der Waals surface area contributed by atoms with Gasteiger partial charge in [0.05, 0.1) is 9.85 Å². The third-order valence-corrected chi connectivity index (χ3v) is 2.81. The minimum Gasteiger partial charge on any atom is -0.457 e. The Hall–Kier alpha value is -3.98. The molecule has 0 saturated heterocycles. The minimum atomic E-state index is -0.692. The summed E-state index contributed by atoms with van der Waals surface area (Å²) in [5, 5.41) is 39.3. The maximum atomic E-state index is 10.7. The summed E-state index contributed by atoms with van der Waals surface area (Å²) in [5.41, 5.74) is -1.09. The fraction of sp³-hybridized carbons (Fsp3) is 0. The molecule has 0 amide bonds. The number of hydrogen-bond donors (Lipinski definition) is 0. The van der Waals surface area contributed by atoms with Crippen LogP contribution in [0.3, 0.4) is 0 Å². The van der Waals surface area contributed by atoms with Crippen LogP contribution in [0.15, 0.2) is 36.4 Å². The highest BCUT2D eigenvalue weighted by atomic mass is 16.6. The smallest absolute Gasteiger partial charge is 0.287 e. The van der Waals surface area contributed by atoms with E-state index in [0.29, 0.717) is 0 Å². The molecule has 0 atom stereocenters. The summed E-state index contributed by atoms with van der Waals surface area (Å²) in [4.78, 5) is 20.1. The maximum absolute atomic E-state index is 10.7. The van der Waals surface area contributed by atoms with Gasteiger partial charge >= 0.3 is 0 Å². The molecule has 0 N–H and O–H groups in total. The normalized spacial score (nSPS) is 9.48. The van der Waals surface area contributed by atoms with Gasteiger partial charge in [-0.1, -0.05) is 0 Å². The highest BCUT2D eigenvalue weighted by molar-refractivity contribution is 5.55. The van der Waals surface area contributed by atoms with Crippen LogP contribution in [-0.4, -0.2) is 9.85 Å². The molecule has 2 aromatic rings. The highest BCUT2D eigenvalue weighted by Gasteiger charge is 2.17. The Morgan fingerprint density at radius 1 is 0.826 bits per heavy atom. The quantitative estimate of drug-likeness (QED) is 0.623. The Balaban J connectivity index is 2.37. The largest absolute Gasteiger partial charge is 0.457 e. The first-order valence-electron chi connectivity index (χ1n) is 6.01. The molecule has 23 heavy (non-hydrogen) atoms.